The van der Waals surface area contributed by atoms with Gasteiger partial charge in [-0.2, -0.15) is 0 Å². The number of carbonyl (C=O) groups excluding carboxylic acids is 2. The third kappa shape index (κ3) is 5.67. The fraction of sp³-hybridized carbons (Fsp3) is 0.0833. The number of carbonyl (C=O) groups is 2. The standard InChI is InChI=1S/C24H22N2O4S/c1-17-3-14-22(15-4-17)31(29,30)26-21-12-10-19(11-13-21)23(27)16-7-18-5-8-20(9-6-18)24(28)25-2/h3-16,26H,1-2H3,(H,25,28)/b16-7+. The molecule has 3 aromatic rings. The van der Waals surface area contributed by atoms with Crippen molar-refractivity contribution in [2.24, 2.45) is 0 Å². The zero-order valence-corrected chi connectivity index (χ0v) is 17.9. The molecule has 2 N–H and O–H groups in total. The Morgan fingerprint density at radius 2 is 1.39 bits per heavy atom. The Bertz CT molecular complexity index is 1210. The molecule has 0 aliphatic carbocycles. The molecule has 6 nitrogen and oxygen atoms in total. The lowest BCUT2D eigenvalue weighted by atomic mass is 10.1. The minimum absolute atomic E-state index is 0.170. The molecule has 0 aromatic heterocycles. The van der Waals surface area contributed by atoms with Crippen LogP contribution in [0.15, 0.2) is 83.8 Å². The highest BCUT2D eigenvalue weighted by molar-refractivity contribution is 7.92. The van der Waals surface area contributed by atoms with E-state index in [2.05, 4.69) is 10.0 Å². The zero-order chi connectivity index (χ0) is 22.4. The minimum Gasteiger partial charge on any atom is -0.355 e. The van der Waals surface area contributed by atoms with Gasteiger partial charge in [0.25, 0.3) is 15.9 Å². The number of aryl methyl sites for hydroxylation is 1. The van der Waals surface area contributed by atoms with Crippen LogP contribution >= 0.6 is 0 Å². The summed E-state index contributed by atoms with van der Waals surface area (Å²) in [7, 11) is -2.14. The molecular weight excluding hydrogens is 412 g/mol. The van der Waals surface area contributed by atoms with Crippen LogP contribution in [0.25, 0.3) is 6.08 Å². The number of amides is 1. The Kier molecular flexibility index (Phi) is 6.67. The Balaban J connectivity index is 1.66. The summed E-state index contributed by atoms with van der Waals surface area (Å²) in [6.07, 6.45) is 3.09. The van der Waals surface area contributed by atoms with Gasteiger partial charge in [0.05, 0.1) is 4.90 Å². The molecule has 0 radical (unpaired) electrons. The van der Waals surface area contributed by atoms with E-state index in [0.717, 1.165) is 11.1 Å². The molecular formula is C24H22N2O4S. The minimum atomic E-state index is -3.70. The van der Waals surface area contributed by atoms with Gasteiger partial charge in [0.2, 0.25) is 0 Å². The second kappa shape index (κ2) is 9.40. The van der Waals surface area contributed by atoms with Crippen molar-refractivity contribution < 1.29 is 18.0 Å². The van der Waals surface area contributed by atoms with Gasteiger partial charge in [-0.15, -0.1) is 0 Å². The molecule has 0 saturated heterocycles. The van der Waals surface area contributed by atoms with Crippen LogP contribution in [0.1, 0.15) is 31.8 Å². The van der Waals surface area contributed by atoms with E-state index in [9.17, 15) is 18.0 Å². The van der Waals surface area contributed by atoms with Gasteiger partial charge in [-0.1, -0.05) is 35.9 Å². The van der Waals surface area contributed by atoms with Crippen molar-refractivity contribution in [1.29, 1.82) is 0 Å². The van der Waals surface area contributed by atoms with Gasteiger partial charge >= 0.3 is 0 Å². The van der Waals surface area contributed by atoms with E-state index in [1.807, 2.05) is 6.92 Å². The van der Waals surface area contributed by atoms with Gasteiger partial charge in [-0.25, -0.2) is 8.42 Å². The lowest BCUT2D eigenvalue weighted by Gasteiger charge is -2.08. The first-order chi connectivity index (χ1) is 14.8. The molecule has 158 valence electrons. The van der Waals surface area contributed by atoms with E-state index >= 15 is 0 Å². The van der Waals surface area contributed by atoms with E-state index in [1.165, 1.54) is 6.08 Å². The number of hydrogen-bond donors (Lipinski definition) is 2. The van der Waals surface area contributed by atoms with Crippen molar-refractivity contribution in [3.8, 4) is 0 Å². The molecule has 3 rings (SSSR count). The second-order valence-electron chi connectivity index (χ2n) is 6.89. The zero-order valence-electron chi connectivity index (χ0n) is 17.1. The van der Waals surface area contributed by atoms with E-state index in [1.54, 1.807) is 85.9 Å². The fourth-order valence-electron chi connectivity index (χ4n) is 2.79. The Hall–Kier alpha value is -3.71. The van der Waals surface area contributed by atoms with Crippen molar-refractivity contribution >= 4 is 33.5 Å². The summed E-state index contributed by atoms with van der Waals surface area (Å²) in [5.41, 5.74) is 3.08. The van der Waals surface area contributed by atoms with Gasteiger partial charge in [-0.05, 0) is 67.1 Å². The van der Waals surface area contributed by atoms with E-state index in [-0.39, 0.29) is 16.6 Å². The van der Waals surface area contributed by atoms with Crippen LogP contribution < -0.4 is 10.0 Å². The first-order valence-electron chi connectivity index (χ1n) is 9.52. The normalized spacial score (nSPS) is 11.3. The average molecular weight is 435 g/mol. The Morgan fingerprint density at radius 1 is 0.806 bits per heavy atom. The van der Waals surface area contributed by atoms with Crippen LogP contribution in [0.5, 0.6) is 0 Å². The first-order valence-corrected chi connectivity index (χ1v) is 11.0. The molecule has 0 heterocycles. The lowest BCUT2D eigenvalue weighted by molar-refractivity contribution is 0.0962. The number of anilines is 1. The molecule has 1 amide bonds. The topological polar surface area (TPSA) is 92.3 Å². The number of allylic oxidation sites excluding steroid dienone is 1. The van der Waals surface area contributed by atoms with Crippen LogP contribution in [0.4, 0.5) is 5.69 Å². The molecule has 0 unspecified atom stereocenters. The first kappa shape index (κ1) is 22.0. The fourth-order valence-corrected chi connectivity index (χ4v) is 3.85. The van der Waals surface area contributed by atoms with E-state index in [4.69, 9.17) is 0 Å². The smallest absolute Gasteiger partial charge is 0.261 e. The van der Waals surface area contributed by atoms with Crippen LogP contribution in [0, 0.1) is 6.92 Å². The van der Waals surface area contributed by atoms with Crippen molar-refractivity contribution in [2.45, 2.75) is 11.8 Å². The van der Waals surface area contributed by atoms with Crippen LogP contribution in [0.2, 0.25) is 0 Å². The molecule has 0 atom stereocenters. The molecule has 0 saturated carbocycles. The lowest BCUT2D eigenvalue weighted by Crippen LogP contribution is -2.17. The van der Waals surface area contributed by atoms with E-state index in [0.29, 0.717) is 16.8 Å². The van der Waals surface area contributed by atoms with Gasteiger partial charge in [-0.3, -0.25) is 14.3 Å². The van der Waals surface area contributed by atoms with Crippen molar-refractivity contribution in [3.05, 3.63) is 101 Å². The summed E-state index contributed by atoms with van der Waals surface area (Å²) in [5, 5.41) is 2.55. The predicted octanol–water partition coefficient (Wildman–Crippen LogP) is 4.05. The highest BCUT2D eigenvalue weighted by atomic mass is 32.2. The van der Waals surface area contributed by atoms with Gasteiger partial charge < -0.3 is 5.32 Å². The third-order valence-corrected chi connectivity index (χ3v) is 5.98. The van der Waals surface area contributed by atoms with Crippen molar-refractivity contribution in [2.75, 3.05) is 11.8 Å². The van der Waals surface area contributed by atoms with Crippen molar-refractivity contribution in [1.82, 2.24) is 5.32 Å². The Labute approximate surface area is 181 Å². The number of benzene rings is 3. The second-order valence-corrected chi connectivity index (χ2v) is 8.58. The summed E-state index contributed by atoms with van der Waals surface area (Å²) in [6, 6.07) is 19.6. The number of sulfonamides is 1. The molecule has 0 aliphatic heterocycles. The number of hydrogen-bond acceptors (Lipinski definition) is 4. The SMILES string of the molecule is CNC(=O)c1ccc(/C=C/C(=O)c2ccc(NS(=O)(=O)c3ccc(C)cc3)cc2)cc1. The van der Waals surface area contributed by atoms with Gasteiger partial charge in [0.15, 0.2) is 5.78 Å². The summed E-state index contributed by atoms with van der Waals surface area (Å²) in [5.74, 6) is -0.395. The molecule has 0 spiro atoms. The monoisotopic (exact) mass is 434 g/mol. The molecule has 3 aromatic carbocycles. The number of nitrogens with one attached hydrogen (secondary N) is 2. The largest absolute Gasteiger partial charge is 0.355 e. The molecule has 7 heteroatoms. The van der Waals surface area contributed by atoms with Crippen LogP contribution in [-0.4, -0.2) is 27.2 Å². The molecule has 31 heavy (non-hydrogen) atoms. The van der Waals surface area contributed by atoms with Gasteiger partial charge in [0, 0.05) is 23.9 Å². The maximum absolute atomic E-state index is 12.5. The molecule has 0 bridgehead atoms. The average Bonchev–Trinajstić information content (AvgIpc) is 2.78. The summed E-state index contributed by atoms with van der Waals surface area (Å²) in [4.78, 5) is 24.1. The maximum atomic E-state index is 12.5. The maximum Gasteiger partial charge on any atom is 0.261 e. The number of rotatable bonds is 7. The molecule has 0 aliphatic rings. The highest BCUT2D eigenvalue weighted by Gasteiger charge is 2.14. The third-order valence-electron chi connectivity index (χ3n) is 4.58. The van der Waals surface area contributed by atoms with Crippen molar-refractivity contribution in [3.63, 3.8) is 0 Å². The summed E-state index contributed by atoms with van der Waals surface area (Å²) >= 11 is 0. The predicted molar refractivity (Wildman–Crippen MR) is 122 cm³/mol. The van der Waals surface area contributed by atoms with Crippen LogP contribution in [0.3, 0.4) is 0 Å². The van der Waals surface area contributed by atoms with Gasteiger partial charge in [0.1, 0.15) is 0 Å². The molecule has 0 fully saturated rings. The summed E-state index contributed by atoms with van der Waals surface area (Å²) < 4.78 is 27.4. The summed E-state index contributed by atoms with van der Waals surface area (Å²) in [6.45, 7) is 1.88. The van der Waals surface area contributed by atoms with Crippen LogP contribution in [-0.2, 0) is 10.0 Å². The highest BCUT2D eigenvalue weighted by Crippen LogP contribution is 2.18. The van der Waals surface area contributed by atoms with E-state index < -0.39 is 10.0 Å². The quantitative estimate of drug-likeness (QED) is 0.433. The Morgan fingerprint density at radius 3 is 1.97 bits per heavy atom. The number of ketones is 1.